The second kappa shape index (κ2) is 11.9. The Balaban J connectivity index is 1.34. The molecule has 4 heteroatoms. The van der Waals surface area contributed by atoms with Crippen LogP contribution in [0.1, 0.15) is 99.6 Å². The first-order chi connectivity index (χ1) is 27.2. The third-order valence-corrected chi connectivity index (χ3v) is 16.3. The number of fused-ring (bicyclic) bond motifs is 12. The maximum atomic E-state index is 2.84. The number of aryl methyl sites for hydroxylation is 4. The highest BCUT2D eigenvalue weighted by atomic mass is 32.1. The van der Waals surface area contributed by atoms with Crippen LogP contribution >= 0.6 is 11.3 Å². The molecule has 0 radical (unpaired) electrons. The number of benzene rings is 5. The van der Waals surface area contributed by atoms with E-state index >= 15 is 0 Å². The van der Waals surface area contributed by atoms with Crippen LogP contribution in [-0.2, 0) is 31.1 Å². The van der Waals surface area contributed by atoms with E-state index in [0.717, 1.165) is 25.7 Å². The minimum absolute atomic E-state index is 0.150. The van der Waals surface area contributed by atoms with Gasteiger partial charge in [-0.25, -0.2) is 0 Å². The van der Waals surface area contributed by atoms with Gasteiger partial charge in [0.15, 0.2) is 0 Å². The van der Waals surface area contributed by atoms with Gasteiger partial charge >= 0.3 is 0 Å². The second-order valence-electron chi connectivity index (χ2n) is 17.4. The van der Waals surface area contributed by atoms with Crippen molar-refractivity contribution in [2.75, 3.05) is 9.80 Å². The topological polar surface area (TPSA) is 6.48 Å². The molecule has 4 unspecified atom stereocenters. The second-order valence-corrected chi connectivity index (χ2v) is 18.5. The van der Waals surface area contributed by atoms with Crippen LogP contribution in [-0.4, -0.2) is 12.3 Å². The highest BCUT2D eigenvalue weighted by Crippen LogP contribution is 2.70. The first kappa shape index (κ1) is 34.5. The van der Waals surface area contributed by atoms with E-state index in [1.54, 1.807) is 27.1 Å². The summed E-state index contributed by atoms with van der Waals surface area (Å²) in [6.45, 7) is 19.7. The molecule has 0 saturated heterocycles. The largest absolute Gasteiger partial charge is 0.329 e. The summed E-state index contributed by atoms with van der Waals surface area (Å²) in [5.74, 6) is 0.480. The van der Waals surface area contributed by atoms with Crippen molar-refractivity contribution < 1.29 is 0 Å². The average Bonchev–Trinajstić information content (AvgIpc) is 3.64. The molecule has 0 saturated carbocycles. The fourth-order valence-electron chi connectivity index (χ4n) is 12.3. The van der Waals surface area contributed by atoms with Crippen LogP contribution in [0.25, 0.3) is 10.1 Å². The van der Waals surface area contributed by atoms with Crippen molar-refractivity contribution in [1.82, 2.24) is 0 Å². The van der Waals surface area contributed by atoms with Gasteiger partial charge in [-0.05, 0) is 137 Å². The van der Waals surface area contributed by atoms with Crippen molar-refractivity contribution in [1.29, 1.82) is 0 Å². The van der Waals surface area contributed by atoms with E-state index in [2.05, 4.69) is 180 Å². The third kappa shape index (κ3) is 4.09. The Morgan fingerprint density at radius 2 is 1.23 bits per heavy atom. The quantitative estimate of drug-likeness (QED) is 0.128. The number of thiophene rings is 1. The highest BCUT2D eigenvalue weighted by Gasteiger charge is 2.66. The standard InChI is InChI=1S/C52H51BN2S/c1-9-32-17-22-36(23-18-32)54-42-25-20-34(11-3)28-39(42)53-40-29-35(12-4)21-26-43(40)55-41-24-19-33(10-2)27-38(41)51(7)48-45(31(6)47(54)49(53)52(48,55)8)30(5)46-37-15-13-14-16-44(37)56-50(46)51/h13-31H,9-12H2,1-8H3. The van der Waals surface area contributed by atoms with Crippen molar-refractivity contribution >= 4 is 61.8 Å². The Hall–Kier alpha value is -4.80. The Labute approximate surface area is 337 Å². The lowest BCUT2D eigenvalue weighted by Gasteiger charge is -2.66. The van der Waals surface area contributed by atoms with Gasteiger partial charge in [-0.2, -0.15) is 0 Å². The number of hydrogen-bond donors (Lipinski definition) is 0. The van der Waals surface area contributed by atoms with Gasteiger partial charge < -0.3 is 9.80 Å². The van der Waals surface area contributed by atoms with Crippen LogP contribution in [0, 0.1) is 5.92 Å². The average molecular weight is 747 g/mol. The van der Waals surface area contributed by atoms with Crippen LogP contribution in [0.15, 0.2) is 125 Å². The number of nitrogens with zero attached hydrogens (tertiary/aromatic N) is 2. The molecule has 0 bridgehead atoms. The summed E-state index contributed by atoms with van der Waals surface area (Å²) < 4.78 is 1.41. The third-order valence-electron chi connectivity index (χ3n) is 14.9. The molecule has 0 N–H and O–H groups in total. The summed E-state index contributed by atoms with van der Waals surface area (Å²) in [6.07, 6.45) is 4.10. The molecule has 6 aromatic rings. The van der Waals surface area contributed by atoms with E-state index in [4.69, 9.17) is 0 Å². The summed E-state index contributed by atoms with van der Waals surface area (Å²) in [4.78, 5) is 7.11. The molecule has 4 heterocycles. The van der Waals surface area contributed by atoms with Gasteiger partial charge in [-0.15, -0.1) is 11.3 Å². The molecule has 278 valence electrons. The predicted octanol–water partition coefficient (Wildman–Crippen LogP) is 12.0. The zero-order chi connectivity index (χ0) is 38.4. The van der Waals surface area contributed by atoms with Gasteiger partial charge in [0.2, 0.25) is 6.71 Å². The van der Waals surface area contributed by atoms with E-state index in [9.17, 15) is 0 Å². The summed E-state index contributed by atoms with van der Waals surface area (Å²) in [5, 5.41) is 1.44. The van der Waals surface area contributed by atoms with Crippen LogP contribution < -0.4 is 20.7 Å². The van der Waals surface area contributed by atoms with Gasteiger partial charge in [0.25, 0.3) is 0 Å². The van der Waals surface area contributed by atoms with Crippen molar-refractivity contribution in [2.45, 2.75) is 97.9 Å². The lowest BCUT2D eigenvalue weighted by Crippen LogP contribution is -2.71. The zero-order valence-electron chi connectivity index (χ0n) is 34.2. The molecule has 0 spiro atoms. The molecule has 2 nitrogen and oxygen atoms in total. The molecule has 56 heavy (non-hydrogen) atoms. The number of rotatable bonds is 5. The molecule has 1 aromatic heterocycles. The highest BCUT2D eigenvalue weighted by molar-refractivity contribution is 7.19. The first-order valence-electron chi connectivity index (χ1n) is 21.3. The maximum absolute atomic E-state index is 2.84. The summed E-state index contributed by atoms with van der Waals surface area (Å²) >= 11 is 2.06. The molecular weight excluding hydrogens is 695 g/mol. The van der Waals surface area contributed by atoms with Crippen LogP contribution in [0.5, 0.6) is 0 Å². The number of hydrogen-bond acceptors (Lipinski definition) is 3. The van der Waals surface area contributed by atoms with E-state index in [1.807, 2.05) is 0 Å². The van der Waals surface area contributed by atoms with Crippen molar-refractivity contribution in [2.24, 2.45) is 5.92 Å². The van der Waals surface area contributed by atoms with Gasteiger partial charge in [0.05, 0.1) is 11.0 Å². The lowest BCUT2D eigenvalue weighted by atomic mass is 9.27. The fraction of sp³-hybridized carbons (Fsp3) is 0.308. The molecule has 0 amide bonds. The maximum Gasteiger partial charge on any atom is 0.247 e. The molecule has 11 rings (SSSR count). The molecule has 5 aliphatic rings. The Morgan fingerprint density at radius 3 is 1.91 bits per heavy atom. The minimum Gasteiger partial charge on any atom is -0.329 e. The van der Waals surface area contributed by atoms with Gasteiger partial charge in [-0.3, -0.25) is 0 Å². The van der Waals surface area contributed by atoms with Crippen molar-refractivity contribution in [3.8, 4) is 0 Å². The zero-order valence-corrected chi connectivity index (χ0v) is 35.0. The van der Waals surface area contributed by atoms with Crippen molar-refractivity contribution in [3.63, 3.8) is 0 Å². The summed E-state index contributed by atoms with van der Waals surface area (Å²) in [5.41, 5.74) is 22.5. The molecular formula is C52H51BN2S. The first-order valence-corrected chi connectivity index (χ1v) is 22.1. The Morgan fingerprint density at radius 1 is 0.643 bits per heavy atom. The monoisotopic (exact) mass is 746 g/mol. The van der Waals surface area contributed by atoms with Gasteiger partial charge in [-0.1, -0.05) is 114 Å². The smallest absolute Gasteiger partial charge is 0.247 e. The SMILES string of the molecule is CCc1ccc(N2C3=C4B(c5cc(CC)ccc52)c2cc(CC)ccc2N2c5ccc(CC)cc5C5(C)C(=C(C3C)C(C)c3c5sc5ccccc35)C42C)cc1. The summed E-state index contributed by atoms with van der Waals surface area (Å²) in [6, 6.07) is 41.2. The summed E-state index contributed by atoms with van der Waals surface area (Å²) in [7, 11) is 0. The Kier molecular flexibility index (Phi) is 7.30. The molecule has 4 atom stereocenters. The minimum atomic E-state index is -0.401. The predicted molar refractivity (Wildman–Crippen MR) is 241 cm³/mol. The number of anilines is 4. The van der Waals surface area contributed by atoms with E-state index in [0.29, 0.717) is 0 Å². The lowest BCUT2D eigenvalue weighted by molar-refractivity contribution is 0.436. The molecule has 3 aliphatic heterocycles. The van der Waals surface area contributed by atoms with Gasteiger partial charge in [0.1, 0.15) is 0 Å². The van der Waals surface area contributed by atoms with Crippen LogP contribution in [0.3, 0.4) is 0 Å². The molecule has 2 aliphatic carbocycles. The Bertz CT molecular complexity index is 2730. The molecule has 5 aromatic carbocycles. The fourth-order valence-corrected chi connectivity index (χ4v) is 13.8. The van der Waals surface area contributed by atoms with Crippen molar-refractivity contribution in [3.05, 3.63) is 164 Å². The van der Waals surface area contributed by atoms with Crippen LogP contribution in [0.4, 0.5) is 22.7 Å². The van der Waals surface area contributed by atoms with E-state index < -0.39 is 5.54 Å². The van der Waals surface area contributed by atoms with E-state index in [1.165, 1.54) is 77.3 Å². The normalized spacial score (nSPS) is 23.9. The van der Waals surface area contributed by atoms with Crippen LogP contribution in [0.2, 0.25) is 0 Å². The molecule has 0 fully saturated rings. The van der Waals surface area contributed by atoms with Gasteiger partial charge in [0, 0.05) is 49.9 Å². The van der Waals surface area contributed by atoms with E-state index in [-0.39, 0.29) is 24.0 Å². The number of allylic oxidation sites excluding steroid dienone is 1.